The lowest BCUT2D eigenvalue weighted by atomic mass is 10.2. The lowest BCUT2D eigenvalue weighted by Gasteiger charge is -2.13. The summed E-state index contributed by atoms with van der Waals surface area (Å²) < 4.78 is 24.9. The monoisotopic (exact) mass is 225 g/mol. The van der Waals surface area contributed by atoms with Gasteiger partial charge in [-0.3, -0.25) is 0 Å². The number of unbranched alkanes of at least 4 members (excludes halogenated alkanes) is 1. The van der Waals surface area contributed by atoms with E-state index in [4.69, 9.17) is 16.0 Å². The number of halogens is 2. The van der Waals surface area contributed by atoms with Gasteiger partial charge in [0.05, 0.1) is 6.54 Å². The van der Waals surface area contributed by atoms with Crippen LogP contribution in [0.25, 0.3) is 0 Å². The Kier molecular flexibility index (Phi) is 6.89. The second kappa shape index (κ2) is 7.36. The Bertz CT molecular complexity index is 200. The first-order chi connectivity index (χ1) is 7.02. The number of aliphatic hydroxyl groups excluding tert-OH is 1. The van der Waals surface area contributed by atoms with E-state index in [0.29, 0.717) is 25.8 Å². The average Bonchev–Trinajstić information content (AvgIpc) is 2.22. The molecule has 0 aromatic carbocycles. The summed E-state index contributed by atoms with van der Waals surface area (Å²) in [5, 5.41) is 21.7. The number of alkyl halides is 2. The van der Waals surface area contributed by atoms with Gasteiger partial charge in [0.1, 0.15) is 12.4 Å². The second-order valence-corrected chi connectivity index (χ2v) is 3.24. The number of nitrogens with zero attached hydrogens (tertiary/aromatic N) is 1. The zero-order valence-electron chi connectivity index (χ0n) is 8.42. The zero-order valence-corrected chi connectivity index (χ0v) is 8.42. The van der Waals surface area contributed by atoms with E-state index in [1.54, 1.807) is 0 Å². The van der Waals surface area contributed by atoms with Gasteiger partial charge in [0.2, 0.25) is 0 Å². The Balaban J connectivity index is 3.33. The highest BCUT2D eigenvalue weighted by Crippen LogP contribution is 2.09. The van der Waals surface area contributed by atoms with Crippen LogP contribution < -0.4 is 11.1 Å². The minimum Gasteiger partial charge on any atom is -0.409 e. The molecule has 0 radical (unpaired) electrons. The standard InChI is InChI=1S/C8H17F2N3O2/c9-8(10,6-14)5-12-4-2-1-3-7(11)13-15/h12,14-15H,1-6H2,(H2,11,13). The third kappa shape index (κ3) is 8.07. The third-order valence-corrected chi connectivity index (χ3v) is 1.78. The van der Waals surface area contributed by atoms with Gasteiger partial charge in [0.25, 0.3) is 5.92 Å². The molecule has 0 aromatic rings. The van der Waals surface area contributed by atoms with E-state index in [-0.39, 0.29) is 5.84 Å². The molecule has 0 aromatic heterocycles. The maximum absolute atomic E-state index is 12.5. The van der Waals surface area contributed by atoms with Gasteiger partial charge in [0, 0.05) is 6.42 Å². The van der Waals surface area contributed by atoms with Gasteiger partial charge >= 0.3 is 0 Å². The van der Waals surface area contributed by atoms with Crippen LogP contribution in [0.2, 0.25) is 0 Å². The van der Waals surface area contributed by atoms with Crippen molar-refractivity contribution < 1.29 is 19.1 Å². The molecule has 0 aliphatic rings. The molecule has 0 saturated carbocycles. The van der Waals surface area contributed by atoms with Crippen LogP contribution in [-0.4, -0.2) is 41.8 Å². The topological polar surface area (TPSA) is 90.9 Å². The quantitative estimate of drug-likeness (QED) is 0.155. The molecule has 90 valence electrons. The first kappa shape index (κ1) is 14.1. The van der Waals surface area contributed by atoms with Gasteiger partial charge in [-0.2, -0.15) is 0 Å². The molecule has 0 saturated heterocycles. The van der Waals surface area contributed by atoms with E-state index in [9.17, 15) is 8.78 Å². The maximum Gasteiger partial charge on any atom is 0.282 e. The predicted octanol–water partition coefficient (Wildman–Crippen LogP) is 0.120. The van der Waals surface area contributed by atoms with Crippen molar-refractivity contribution in [2.24, 2.45) is 10.9 Å². The molecule has 0 rings (SSSR count). The Morgan fingerprint density at radius 1 is 1.40 bits per heavy atom. The van der Waals surface area contributed by atoms with Crippen LogP contribution in [-0.2, 0) is 0 Å². The van der Waals surface area contributed by atoms with Gasteiger partial charge in [-0.1, -0.05) is 5.16 Å². The molecule has 0 aliphatic heterocycles. The minimum absolute atomic E-state index is 0.135. The number of rotatable bonds is 8. The Morgan fingerprint density at radius 3 is 2.60 bits per heavy atom. The van der Waals surface area contributed by atoms with E-state index >= 15 is 0 Å². The van der Waals surface area contributed by atoms with Gasteiger partial charge in [-0.05, 0) is 19.4 Å². The number of nitrogens with one attached hydrogen (secondary N) is 1. The average molecular weight is 225 g/mol. The molecule has 0 heterocycles. The van der Waals surface area contributed by atoms with Crippen LogP contribution >= 0.6 is 0 Å². The fourth-order valence-electron chi connectivity index (χ4n) is 0.933. The van der Waals surface area contributed by atoms with E-state index in [1.807, 2.05) is 0 Å². The Labute approximate surface area is 87.0 Å². The number of hydrogen-bond donors (Lipinski definition) is 4. The largest absolute Gasteiger partial charge is 0.409 e. The lowest BCUT2D eigenvalue weighted by Crippen LogP contribution is -2.36. The summed E-state index contributed by atoms with van der Waals surface area (Å²) >= 11 is 0. The highest BCUT2D eigenvalue weighted by atomic mass is 19.3. The summed E-state index contributed by atoms with van der Waals surface area (Å²) in [5.41, 5.74) is 5.21. The van der Waals surface area contributed by atoms with Crippen molar-refractivity contribution in [2.45, 2.75) is 25.2 Å². The molecule has 0 unspecified atom stereocenters. The zero-order chi connectivity index (χ0) is 11.7. The SMILES string of the molecule is NC(CCCCNCC(F)(F)CO)=NO. The molecule has 5 N–H and O–H groups in total. The normalized spacial score (nSPS) is 13.1. The number of nitrogens with two attached hydrogens (primary N) is 1. The van der Waals surface area contributed by atoms with E-state index in [2.05, 4.69) is 10.5 Å². The molecular formula is C8H17F2N3O2. The van der Waals surface area contributed by atoms with E-state index in [0.717, 1.165) is 0 Å². The number of hydrogen-bond acceptors (Lipinski definition) is 4. The molecular weight excluding hydrogens is 208 g/mol. The molecule has 0 atom stereocenters. The highest BCUT2D eigenvalue weighted by molar-refractivity contribution is 5.79. The van der Waals surface area contributed by atoms with Gasteiger partial charge in [-0.25, -0.2) is 8.78 Å². The number of aliphatic hydroxyl groups is 1. The molecule has 0 amide bonds. The molecule has 0 aliphatic carbocycles. The van der Waals surface area contributed by atoms with Crippen molar-refractivity contribution >= 4 is 5.84 Å². The van der Waals surface area contributed by atoms with E-state index in [1.165, 1.54) is 0 Å². The molecule has 7 heteroatoms. The molecule has 15 heavy (non-hydrogen) atoms. The van der Waals surface area contributed by atoms with Crippen LogP contribution in [0.3, 0.4) is 0 Å². The van der Waals surface area contributed by atoms with Crippen molar-refractivity contribution in [3.63, 3.8) is 0 Å². The third-order valence-electron chi connectivity index (χ3n) is 1.78. The van der Waals surface area contributed by atoms with Crippen molar-refractivity contribution in [1.82, 2.24) is 5.32 Å². The van der Waals surface area contributed by atoms with Crippen molar-refractivity contribution in [3.8, 4) is 0 Å². The summed E-state index contributed by atoms with van der Waals surface area (Å²) in [6.45, 7) is -1.27. The van der Waals surface area contributed by atoms with Crippen molar-refractivity contribution in [3.05, 3.63) is 0 Å². The fraction of sp³-hybridized carbons (Fsp3) is 0.875. The van der Waals surface area contributed by atoms with Crippen LogP contribution in [0, 0.1) is 0 Å². The second-order valence-electron chi connectivity index (χ2n) is 3.24. The Hall–Kier alpha value is -0.950. The Morgan fingerprint density at radius 2 is 2.07 bits per heavy atom. The van der Waals surface area contributed by atoms with Gasteiger partial charge in [-0.15, -0.1) is 0 Å². The maximum atomic E-state index is 12.5. The molecule has 0 fully saturated rings. The summed E-state index contributed by atoms with van der Waals surface area (Å²) in [4.78, 5) is 0. The lowest BCUT2D eigenvalue weighted by molar-refractivity contribution is -0.0474. The first-order valence-electron chi connectivity index (χ1n) is 4.67. The van der Waals surface area contributed by atoms with E-state index < -0.39 is 19.1 Å². The summed E-state index contributed by atoms with van der Waals surface area (Å²) in [6.07, 6.45) is 1.75. The van der Waals surface area contributed by atoms with Gasteiger partial charge < -0.3 is 21.4 Å². The van der Waals surface area contributed by atoms with Crippen LogP contribution in [0.15, 0.2) is 5.16 Å². The van der Waals surface area contributed by atoms with Crippen LogP contribution in [0.4, 0.5) is 8.78 Å². The smallest absolute Gasteiger partial charge is 0.282 e. The number of oxime groups is 1. The summed E-state index contributed by atoms with van der Waals surface area (Å²) in [7, 11) is 0. The summed E-state index contributed by atoms with van der Waals surface area (Å²) in [6, 6.07) is 0. The first-order valence-corrected chi connectivity index (χ1v) is 4.67. The molecule has 5 nitrogen and oxygen atoms in total. The summed E-state index contributed by atoms with van der Waals surface area (Å²) in [5.74, 6) is -2.93. The minimum atomic E-state index is -3.06. The number of amidine groups is 1. The van der Waals surface area contributed by atoms with Crippen LogP contribution in [0.5, 0.6) is 0 Å². The highest BCUT2D eigenvalue weighted by Gasteiger charge is 2.26. The van der Waals surface area contributed by atoms with Crippen molar-refractivity contribution in [1.29, 1.82) is 0 Å². The fourth-order valence-corrected chi connectivity index (χ4v) is 0.933. The van der Waals surface area contributed by atoms with Gasteiger partial charge in [0.15, 0.2) is 0 Å². The van der Waals surface area contributed by atoms with Crippen LogP contribution in [0.1, 0.15) is 19.3 Å². The predicted molar refractivity (Wildman–Crippen MR) is 52.2 cm³/mol. The molecule has 0 spiro atoms. The van der Waals surface area contributed by atoms with Crippen molar-refractivity contribution in [2.75, 3.05) is 19.7 Å². The molecule has 0 bridgehead atoms.